The highest BCUT2D eigenvalue weighted by Gasteiger charge is 2.15. The fraction of sp³-hybridized carbons (Fsp3) is 0.429. The lowest BCUT2D eigenvalue weighted by Crippen LogP contribution is -2.09. The molecule has 3 rings (SSSR count). The zero-order valence-electron chi connectivity index (χ0n) is 12.7. The summed E-state index contributed by atoms with van der Waals surface area (Å²) in [4.78, 5) is 9.01. The number of nitrogen functional groups attached to an aromatic ring is 1. The van der Waals surface area contributed by atoms with Crippen LogP contribution in [0, 0.1) is 13.8 Å². The first-order chi connectivity index (χ1) is 9.95. The number of hydrogen-bond acceptors (Lipinski definition) is 5. The highest BCUT2D eigenvalue weighted by Crippen LogP contribution is 2.20. The van der Waals surface area contributed by atoms with Crippen LogP contribution in [-0.2, 0) is 6.54 Å². The van der Waals surface area contributed by atoms with E-state index < -0.39 is 0 Å². The van der Waals surface area contributed by atoms with Crippen molar-refractivity contribution < 1.29 is 0 Å². The minimum Gasteiger partial charge on any atom is -0.381 e. The lowest BCUT2D eigenvalue weighted by molar-refractivity contribution is 0.591. The van der Waals surface area contributed by atoms with E-state index in [1.807, 2.05) is 35.2 Å². The van der Waals surface area contributed by atoms with Gasteiger partial charge >= 0.3 is 0 Å². The van der Waals surface area contributed by atoms with Gasteiger partial charge in [0, 0.05) is 17.6 Å². The number of aryl methyl sites for hydroxylation is 2. The number of nitrogens with zero attached hydrogens (tertiary/aromatic N) is 6. The van der Waals surface area contributed by atoms with E-state index >= 15 is 0 Å². The number of fused-ring (bicyclic) bond motifs is 1. The van der Waals surface area contributed by atoms with Crippen LogP contribution in [0.5, 0.6) is 0 Å². The lowest BCUT2D eigenvalue weighted by atomic mass is 10.1. The molecule has 21 heavy (non-hydrogen) atoms. The van der Waals surface area contributed by atoms with E-state index in [9.17, 15) is 0 Å². The number of anilines is 1. The van der Waals surface area contributed by atoms with Gasteiger partial charge in [-0.05, 0) is 25.8 Å². The highest BCUT2D eigenvalue weighted by atomic mass is 15.4. The average molecular weight is 285 g/mol. The molecule has 0 spiro atoms. The molecule has 0 saturated heterocycles. The number of imidazole rings is 1. The maximum Gasteiger partial charge on any atom is 0.234 e. The Morgan fingerprint density at radius 1 is 1.24 bits per heavy atom. The van der Waals surface area contributed by atoms with Crippen molar-refractivity contribution in [1.82, 2.24) is 29.4 Å². The molecule has 110 valence electrons. The standard InChI is InChI=1S/C14H19N7/c1-8(2)12-13(15)18-19-21(12)7-11-6-20-10(4)5-9(3)16-14(20)17-11/h5-6,8H,7,15H2,1-4H3. The first kappa shape index (κ1) is 13.5. The van der Waals surface area contributed by atoms with Crippen LogP contribution in [0.2, 0.25) is 0 Å². The fourth-order valence-corrected chi connectivity index (χ4v) is 2.59. The molecule has 0 aliphatic carbocycles. The van der Waals surface area contributed by atoms with E-state index in [4.69, 9.17) is 5.73 Å². The molecule has 0 unspecified atom stereocenters. The quantitative estimate of drug-likeness (QED) is 0.791. The molecule has 3 aromatic heterocycles. The van der Waals surface area contributed by atoms with Crippen molar-refractivity contribution in [3.8, 4) is 0 Å². The second kappa shape index (κ2) is 4.83. The summed E-state index contributed by atoms with van der Waals surface area (Å²) in [5.74, 6) is 1.46. The van der Waals surface area contributed by atoms with Crippen molar-refractivity contribution in [3.63, 3.8) is 0 Å². The summed E-state index contributed by atoms with van der Waals surface area (Å²) in [6, 6.07) is 2.03. The molecule has 3 heterocycles. The minimum atomic E-state index is 0.263. The zero-order valence-corrected chi connectivity index (χ0v) is 12.7. The third kappa shape index (κ3) is 2.35. The first-order valence-corrected chi connectivity index (χ1v) is 6.96. The maximum atomic E-state index is 5.88. The van der Waals surface area contributed by atoms with Gasteiger partial charge in [0.05, 0.1) is 17.9 Å². The number of aromatic nitrogens is 6. The van der Waals surface area contributed by atoms with Crippen LogP contribution in [0.15, 0.2) is 12.3 Å². The van der Waals surface area contributed by atoms with Gasteiger partial charge in [-0.1, -0.05) is 19.1 Å². The fourth-order valence-electron chi connectivity index (χ4n) is 2.59. The molecule has 0 aliphatic heterocycles. The average Bonchev–Trinajstić information content (AvgIpc) is 2.93. The Hall–Kier alpha value is -2.44. The van der Waals surface area contributed by atoms with E-state index in [1.54, 1.807) is 0 Å². The molecule has 3 aromatic rings. The van der Waals surface area contributed by atoms with Crippen LogP contribution in [0.3, 0.4) is 0 Å². The predicted octanol–water partition coefficient (Wildman–Crippen LogP) is 1.69. The second-order valence-corrected chi connectivity index (χ2v) is 5.61. The van der Waals surface area contributed by atoms with Gasteiger partial charge in [-0.25, -0.2) is 14.6 Å². The van der Waals surface area contributed by atoms with Gasteiger partial charge in [-0.3, -0.25) is 4.40 Å². The Morgan fingerprint density at radius 3 is 2.71 bits per heavy atom. The summed E-state index contributed by atoms with van der Waals surface area (Å²) >= 11 is 0. The van der Waals surface area contributed by atoms with Crippen molar-refractivity contribution in [2.45, 2.75) is 40.2 Å². The van der Waals surface area contributed by atoms with Gasteiger partial charge in [0.1, 0.15) is 0 Å². The van der Waals surface area contributed by atoms with Gasteiger partial charge in [0.15, 0.2) is 5.82 Å². The van der Waals surface area contributed by atoms with Gasteiger partial charge in [0.25, 0.3) is 0 Å². The van der Waals surface area contributed by atoms with Crippen molar-refractivity contribution in [3.05, 3.63) is 35.0 Å². The van der Waals surface area contributed by atoms with Gasteiger partial charge in [-0.2, -0.15) is 0 Å². The number of rotatable bonds is 3. The summed E-state index contributed by atoms with van der Waals surface area (Å²) in [6.07, 6.45) is 1.99. The Kier molecular flexibility index (Phi) is 3.12. The summed E-state index contributed by atoms with van der Waals surface area (Å²) in [7, 11) is 0. The summed E-state index contributed by atoms with van der Waals surface area (Å²) < 4.78 is 3.79. The van der Waals surface area contributed by atoms with Gasteiger partial charge < -0.3 is 5.73 Å². The van der Waals surface area contributed by atoms with Crippen molar-refractivity contribution in [1.29, 1.82) is 0 Å². The van der Waals surface area contributed by atoms with Gasteiger partial charge in [-0.15, -0.1) is 5.10 Å². The largest absolute Gasteiger partial charge is 0.381 e. The van der Waals surface area contributed by atoms with Crippen LogP contribution in [-0.4, -0.2) is 29.4 Å². The van der Waals surface area contributed by atoms with E-state index in [-0.39, 0.29) is 5.92 Å². The molecule has 7 heteroatoms. The topological polar surface area (TPSA) is 86.9 Å². The minimum absolute atomic E-state index is 0.263. The van der Waals surface area contributed by atoms with Crippen molar-refractivity contribution in [2.75, 3.05) is 5.73 Å². The molecular formula is C14H19N7. The van der Waals surface area contributed by atoms with Crippen LogP contribution in [0.4, 0.5) is 5.82 Å². The summed E-state index contributed by atoms with van der Waals surface area (Å²) in [6.45, 7) is 8.70. The molecule has 2 N–H and O–H groups in total. The maximum absolute atomic E-state index is 5.88. The molecule has 0 aromatic carbocycles. The van der Waals surface area contributed by atoms with Crippen LogP contribution in [0.1, 0.15) is 42.5 Å². The molecule has 0 saturated carbocycles. The van der Waals surface area contributed by atoms with E-state index in [2.05, 4.69) is 34.1 Å². The third-order valence-electron chi connectivity index (χ3n) is 3.47. The normalized spacial score (nSPS) is 11.7. The van der Waals surface area contributed by atoms with Crippen LogP contribution >= 0.6 is 0 Å². The first-order valence-electron chi connectivity index (χ1n) is 6.96. The molecule has 0 fully saturated rings. The smallest absolute Gasteiger partial charge is 0.234 e. The predicted molar refractivity (Wildman–Crippen MR) is 80.1 cm³/mol. The third-order valence-corrected chi connectivity index (χ3v) is 3.47. The molecule has 0 amide bonds. The summed E-state index contributed by atoms with van der Waals surface area (Å²) in [5.41, 5.74) is 9.78. The number of hydrogen-bond donors (Lipinski definition) is 1. The molecular weight excluding hydrogens is 266 g/mol. The van der Waals surface area contributed by atoms with E-state index in [1.165, 1.54) is 0 Å². The highest BCUT2D eigenvalue weighted by molar-refractivity contribution is 5.37. The van der Waals surface area contributed by atoms with Crippen molar-refractivity contribution in [2.24, 2.45) is 0 Å². The number of nitrogens with two attached hydrogens (primary N) is 1. The zero-order chi connectivity index (χ0) is 15.1. The van der Waals surface area contributed by atoms with Gasteiger partial charge in [0.2, 0.25) is 5.78 Å². The molecule has 0 aliphatic rings. The SMILES string of the molecule is Cc1cc(C)n2cc(Cn3nnc(N)c3C(C)C)nc2n1. The lowest BCUT2D eigenvalue weighted by Gasteiger charge is -2.07. The molecule has 7 nitrogen and oxygen atoms in total. The summed E-state index contributed by atoms with van der Waals surface area (Å²) in [5, 5.41) is 8.07. The second-order valence-electron chi connectivity index (χ2n) is 5.61. The molecule has 0 radical (unpaired) electrons. The van der Waals surface area contributed by atoms with E-state index in [0.29, 0.717) is 18.1 Å². The Labute approximate surface area is 122 Å². The Morgan fingerprint density at radius 2 is 2.00 bits per heavy atom. The van der Waals surface area contributed by atoms with Crippen molar-refractivity contribution >= 4 is 11.6 Å². The Balaban J connectivity index is 2.01. The monoisotopic (exact) mass is 285 g/mol. The van der Waals surface area contributed by atoms with E-state index in [0.717, 1.165) is 22.8 Å². The Bertz CT molecular complexity index is 797. The van der Waals surface area contributed by atoms with Crippen LogP contribution < -0.4 is 5.73 Å². The van der Waals surface area contributed by atoms with Crippen LogP contribution in [0.25, 0.3) is 5.78 Å². The molecule has 0 atom stereocenters. The molecule has 0 bridgehead atoms.